The van der Waals surface area contributed by atoms with Crippen LogP contribution in [-0.2, 0) is 11.7 Å². The largest absolute Gasteiger partial charge is 0.417 e. The van der Waals surface area contributed by atoms with Crippen molar-refractivity contribution in [3.8, 4) is 17.2 Å². The zero-order valence-electron chi connectivity index (χ0n) is 20.1. The van der Waals surface area contributed by atoms with Crippen LogP contribution in [0, 0.1) is 18.3 Å². The molecule has 1 amide bonds. The van der Waals surface area contributed by atoms with E-state index < -0.39 is 22.3 Å². The van der Waals surface area contributed by atoms with E-state index in [0.717, 1.165) is 22.8 Å². The summed E-state index contributed by atoms with van der Waals surface area (Å²) < 4.78 is 40.1. The van der Waals surface area contributed by atoms with Gasteiger partial charge in [-0.05, 0) is 68.1 Å². The maximum absolute atomic E-state index is 14.0. The predicted molar refractivity (Wildman–Crippen MR) is 135 cm³/mol. The summed E-state index contributed by atoms with van der Waals surface area (Å²) in [5.41, 5.74) is 2.22. The third kappa shape index (κ3) is 4.34. The van der Waals surface area contributed by atoms with Gasteiger partial charge in [0, 0.05) is 12.1 Å². The Morgan fingerprint density at radius 3 is 2.57 bits per heavy atom. The number of amides is 1. The smallest absolute Gasteiger partial charge is 0.340 e. The number of carbonyl (C=O) groups excluding carboxylic acids is 1. The Morgan fingerprint density at radius 1 is 1.16 bits per heavy atom. The molecular formula is C28H22ClF3N4O. The Morgan fingerprint density at radius 2 is 1.89 bits per heavy atom. The van der Waals surface area contributed by atoms with Crippen LogP contribution < -0.4 is 0 Å². The van der Waals surface area contributed by atoms with Crippen LogP contribution in [0.3, 0.4) is 0 Å². The van der Waals surface area contributed by atoms with E-state index in [2.05, 4.69) is 16.0 Å². The molecule has 1 atom stereocenters. The molecule has 3 aromatic carbocycles. The van der Waals surface area contributed by atoms with Gasteiger partial charge in [-0.3, -0.25) is 4.79 Å². The summed E-state index contributed by atoms with van der Waals surface area (Å²) >= 11 is 5.90. The van der Waals surface area contributed by atoms with Gasteiger partial charge in [0.2, 0.25) is 0 Å². The molecule has 2 heterocycles. The van der Waals surface area contributed by atoms with E-state index in [1.165, 1.54) is 6.07 Å². The van der Waals surface area contributed by atoms with Crippen molar-refractivity contribution in [2.75, 3.05) is 6.54 Å². The number of alkyl halides is 3. The predicted octanol–water partition coefficient (Wildman–Crippen LogP) is 7.23. The summed E-state index contributed by atoms with van der Waals surface area (Å²) in [5.74, 6) is 0.217. The van der Waals surface area contributed by atoms with Gasteiger partial charge in [-0.1, -0.05) is 41.4 Å². The van der Waals surface area contributed by atoms with Gasteiger partial charge in [0.25, 0.3) is 5.91 Å². The number of aromatic nitrogens is 2. The van der Waals surface area contributed by atoms with Crippen molar-refractivity contribution >= 4 is 28.5 Å². The molecule has 4 aromatic rings. The van der Waals surface area contributed by atoms with Crippen molar-refractivity contribution < 1.29 is 18.0 Å². The average Bonchev–Trinajstić information content (AvgIpc) is 3.46. The summed E-state index contributed by atoms with van der Waals surface area (Å²) in [6, 6.07) is 16.9. The number of likely N-dealkylation sites (tertiary alicyclic amines) is 1. The summed E-state index contributed by atoms with van der Waals surface area (Å²) in [7, 11) is 0. The van der Waals surface area contributed by atoms with Crippen LogP contribution >= 0.6 is 11.6 Å². The van der Waals surface area contributed by atoms with Crippen LogP contribution in [0.5, 0.6) is 0 Å². The second kappa shape index (κ2) is 8.93. The monoisotopic (exact) mass is 522 g/mol. The number of hydrogen-bond acceptors (Lipinski definition) is 3. The molecule has 37 heavy (non-hydrogen) atoms. The van der Waals surface area contributed by atoms with E-state index in [4.69, 9.17) is 16.9 Å². The molecule has 1 aromatic heterocycles. The first-order valence-corrected chi connectivity index (χ1v) is 12.1. The minimum absolute atomic E-state index is 0.197. The molecule has 9 heteroatoms. The maximum Gasteiger partial charge on any atom is 0.417 e. The lowest BCUT2D eigenvalue weighted by Crippen LogP contribution is -2.43. The molecular weight excluding hydrogens is 501 g/mol. The second-order valence-corrected chi connectivity index (χ2v) is 9.91. The van der Waals surface area contributed by atoms with Gasteiger partial charge < -0.3 is 9.88 Å². The van der Waals surface area contributed by atoms with E-state index in [1.807, 2.05) is 44.2 Å². The molecule has 0 radical (unpaired) electrons. The first kappa shape index (κ1) is 24.8. The zero-order chi connectivity index (χ0) is 26.5. The Balaban J connectivity index is 1.56. The first-order valence-electron chi connectivity index (χ1n) is 11.7. The molecule has 188 valence electrons. The van der Waals surface area contributed by atoms with Crippen molar-refractivity contribution in [3.63, 3.8) is 0 Å². The Hall–Kier alpha value is -3.83. The summed E-state index contributed by atoms with van der Waals surface area (Å²) in [5, 5.41) is 8.71. The molecule has 1 aliphatic rings. The third-order valence-electron chi connectivity index (χ3n) is 7.00. The molecule has 5 rings (SSSR count). The lowest BCUT2D eigenvalue weighted by molar-refractivity contribution is -0.137. The fourth-order valence-electron chi connectivity index (χ4n) is 5.00. The number of aromatic amines is 1. The normalized spacial score (nSPS) is 17.8. The fraction of sp³-hybridized carbons (Fsp3) is 0.250. The summed E-state index contributed by atoms with van der Waals surface area (Å²) in [6.45, 7) is 4.25. The summed E-state index contributed by atoms with van der Waals surface area (Å²) in [6.07, 6.45) is -3.29. The molecule has 0 bridgehead atoms. The number of benzene rings is 3. The quantitative estimate of drug-likeness (QED) is 0.308. The van der Waals surface area contributed by atoms with Gasteiger partial charge in [0.05, 0.1) is 38.8 Å². The van der Waals surface area contributed by atoms with Crippen molar-refractivity contribution in [1.82, 2.24) is 14.9 Å². The van der Waals surface area contributed by atoms with E-state index in [1.54, 1.807) is 17.0 Å². The molecule has 1 aliphatic heterocycles. The minimum atomic E-state index is -4.59. The number of hydrogen-bond donors (Lipinski definition) is 1. The number of nitrogens with one attached hydrogen (secondary N) is 1. The molecule has 0 aliphatic carbocycles. The zero-order valence-corrected chi connectivity index (χ0v) is 20.8. The topological polar surface area (TPSA) is 72.8 Å². The van der Waals surface area contributed by atoms with Gasteiger partial charge in [0.15, 0.2) is 0 Å². The van der Waals surface area contributed by atoms with Crippen LogP contribution in [0.4, 0.5) is 13.2 Å². The highest BCUT2D eigenvalue weighted by molar-refractivity contribution is 6.32. The number of rotatable bonds is 3. The number of aryl methyl sites for hydroxylation is 1. The van der Waals surface area contributed by atoms with E-state index in [9.17, 15) is 18.0 Å². The van der Waals surface area contributed by atoms with Gasteiger partial charge in [-0.25, -0.2) is 4.98 Å². The molecule has 0 unspecified atom stereocenters. The van der Waals surface area contributed by atoms with Crippen molar-refractivity contribution in [2.24, 2.45) is 0 Å². The molecule has 5 nitrogen and oxygen atoms in total. The SMILES string of the molecule is Cc1ccc(-c2ccc(C#N)cc2)c(C(=O)N2CCC[C@@]2(C)c2nc3cc(Cl)c(C(F)(F)F)cc3[nH]2)c1. The molecule has 1 fully saturated rings. The highest BCUT2D eigenvalue weighted by Crippen LogP contribution is 2.42. The number of nitriles is 1. The van der Waals surface area contributed by atoms with Crippen molar-refractivity contribution in [3.05, 3.63) is 87.7 Å². The highest BCUT2D eigenvalue weighted by atomic mass is 35.5. The number of nitrogens with zero attached hydrogens (tertiary/aromatic N) is 3. The van der Waals surface area contributed by atoms with Gasteiger partial charge in [-0.2, -0.15) is 18.4 Å². The number of H-pyrrole nitrogens is 1. The number of fused-ring (bicyclic) bond motifs is 1. The van der Waals surface area contributed by atoms with Gasteiger partial charge in [0.1, 0.15) is 5.82 Å². The van der Waals surface area contributed by atoms with Crippen molar-refractivity contribution in [2.45, 2.75) is 38.4 Å². The molecule has 0 saturated carbocycles. The molecule has 1 N–H and O–H groups in total. The van der Waals surface area contributed by atoms with Crippen LogP contribution in [0.2, 0.25) is 5.02 Å². The number of carbonyl (C=O) groups is 1. The van der Waals surface area contributed by atoms with Crippen LogP contribution in [-0.4, -0.2) is 27.3 Å². The molecule has 0 spiro atoms. The van der Waals surface area contributed by atoms with Crippen LogP contribution in [0.15, 0.2) is 54.6 Å². The fourth-order valence-corrected chi connectivity index (χ4v) is 5.26. The number of imidazole rings is 1. The second-order valence-electron chi connectivity index (χ2n) is 9.50. The van der Waals surface area contributed by atoms with E-state index in [0.29, 0.717) is 41.9 Å². The standard InChI is InChI=1S/C28H22ClF3N4O/c1-16-4-9-19(18-7-5-17(15-33)6-8-18)20(12-16)25(37)36-11-3-10-27(36,2)26-34-23-13-21(28(30,31)32)22(29)14-24(23)35-26/h4-9,12-14H,3,10-11H2,1-2H3,(H,34,35)/t27-/m0/s1. The Bertz CT molecular complexity index is 1570. The van der Waals surface area contributed by atoms with E-state index in [-0.39, 0.29) is 11.4 Å². The van der Waals surface area contributed by atoms with Gasteiger partial charge in [-0.15, -0.1) is 0 Å². The lowest BCUT2D eigenvalue weighted by Gasteiger charge is -2.34. The maximum atomic E-state index is 14.0. The Labute approximate surface area is 216 Å². The third-order valence-corrected chi connectivity index (χ3v) is 7.32. The summed E-state index contributed by atoms with van der Waals surface area (Å²) in [4.78, 5) is 23.3. The van der Waals surface area contributed by atoms with Gasteiger partial charge >= 0.3 is 6.18 Å². The van der Waals surface area contributed by atoms with Crippen LogP contribution in [0.1, 0.15) is 52.6 Å². The lowest BCUT2D eigenvalue weighted by atomic mass is 9.93. The first-order chi connectivity index (χ1) is 17.5. The minimum Gasteiger partial charge on any atom is -0.340 e. The highest BCUT2D eigenvalue weighted by Gasteiger charge is 2.44. The van der Waals surface area contributed by atoms with Crippen molar-refractivity contribution in [1.29, 1.82) is 5.26 Å². The number of halogens is 4. The Kier molecular flexibility index (Phi) is 5.99. The van der Waals surface area contributed by atoms with Crippen LogP contribution in [0.25, 0.3) is 22.2 Å². The average molecular weight is 523 g/mol. The van der Waals surface area contributed by atoms with E-state index >= 15 is 0 Å². The molecule has 1 saturated heterocycles.